The van der Waals surface area contributed by atoms with Gasteiger partial charge in [-0.05, 0) is 84.4 Å². The van der Waals surface area contributed by atoms with E-state index in [1.807, 2.05) is 6.92 Å². The number of fused-ring (bicyclic) bond motifs is 3. The molecule has 0 heterocycles. The first-order valence-electron chi connectivity index (χ1n) is 15.3. The molecule has 0 spiro atoms. The molecule has 2 saturated carbocycles. The zero-order chi connectivity index (χ0) is 29.1. The molecule has 38 heavy (non-hydrogen) atoms. The van der Waals surface area contributed by atoms with E-state index >= 15 is 0 Å². The van der Waals surface area contributed by atoms with Crippen LogP contribution in [0, 0.1) is 69.5 Å². The number of rotatable bonds is 5. The van der Waals surface area contributed by atoms with Crippen molar-refractivity contribution in [1.82, 2.24) is 5.32 Å². The number of ether oxygens (including phenoxy) is 1. The predicted octanol–water partition coefficient (Wildman–Crippen LogP) is 8.45. The molecule has 0 saturated heterocycles. The van der Waals surface area contributed by atoms with Gasteiger partial charge in [0.05, 0.1) is 7.11 Å². The monoisotopic (exact) mass is 533 g/mol. The van der Waals surface area contributed by atoms with E-state index in [0.717, 1.165) is 6.42 Å². The molecule has 13 atom stereocenters. The van der Waals surface area contributed by atoms with Gasteiger partial charge >= 0.3 is 6.09 Å². The van der Waals surface area contributed by atoms with Gasteiger partial charge < -0.3 is 10.1 Å². The summed E-state index contributed by atoms with van der Waals surface area (Å²) in [7, 11) is 1.38. The molecule has 0 aromatic carbocycles. The van der Waals surface area contributed by atoms with Crippen molar-refractivity contribution in [1.29, 1.82) is 0 Å². The molecule has 3 aliphatic carbocycles. The normalized spacial score (nSPS) is 45.2. The Hall–Kier alpha value is -1.07. The quantitative estimate of drug-likeness (QED) is 0.211. The van der Waals surface area contributed by atoms with Gasteiger partial charge in [-0.1, -0.05) is 87.3 Å². The van der Waals surface area contributed by atoms with Gasteiger partial charge in [-0.15, -0.1) is 0 Å². The van der Waals surface area contributed by atoms with Crippen LogP contribution in [0.3, 0.4) is 0 Å². The number of amides is 1. The van der Waals surface area contributed by atoms with Crippen molar-refractivity contribution in [3.8, 4) is 0 Å². The fourth-order valence-electron chi connectivity index (χ4n) is 10.3. The highest BCUT2D eigenvalue weighted by atomic mass is 17.1. The van der Waals surface area contributed by atoms with E-state index in [1.54, 1.807) is 5.57 Å². The molecular weight excluding hydrogens is 474 g/mol. The summed E-state index contributed by atoms with van der Waals surface area (Å²) in [4.78, 5) is 17.3. The van der Waals surface area contributed by atoms with Gasteiger partial charge in [-0.2, -0.15) is 0 Å². The molecule has 0 radical (unpaired) electrons. The SMILES string of the molecule is COC(=O)NC(C)C(C)[C@H](OO)C1CC2(C)C(C)C3C(C)C(C)CC(C)[C@@]3(C)C(C)C(C)C(=C1C)C2(C)C. The second-order valence-corrected chi connectivity index (χ2v) is 15.0. The van der Waals surface area contributed by atoms with Crippen LogP contribution >= 0.6 is 0 Å². The molecule has 0 aromatic rings. The zero-order valence-electron chi connectivity index (χ0n) is 26.9. The van der Waals surface area contributed by atoms with Crippen molar-refractivity contribution in [2.75, 3.05) is 7.11 Å². The molecule has 3 aliphatic rings. The van der Waals surface area contributed by atoms with Crippen LogP contribution in [-0.4, -0.2) is 30.6 Å². The standard InChI is InChI=1S/C33H59NO4/c1-17-15-18(2)33(13)23(7)20(4)27-22(6)26(29(38-36)21(5)25(9)34-30(35)37-14)16-32(12,31(27,10)11)24(8)28(33)19(17)3/h17-21,23-26,28-29,36H,15-16H2,1-14H3,(H,34,35)/t17?,18?,19?,20?,21?,23?,24?,25?,26?,28?,29-,32?,33-/m0/s1. The lowest BCUT2D eigenvalue weighted by atomic mass is 9.37. The Labute approximate surface area is 233 Å². The lowest BCUT2D eigenvalue weighted by molar-refractivity contribution is -0.304. The zero-order valence-corrected chi connectivity index (χ0v) is 26.9. The van der Waals surface area contributed by atoms with Crippen molar-refractivity contribution in [3.05, 3.63) is 11.1 Å². The molecule has 2 fully saturated rings. The van der Waals surface area contributed by atoms with Crippen molar-refractivity contribution in [2.24, 2.45) is 69.5 Å². The molecule has 1 amide bonds. The third kappa shape index (κ3) is 4.46. The Morgan fingerprint density at radius 3 is 2.13 bits per heavy atom. The fourth-order valence-corrected chi connectivity index (χ4v) is 10.3. The number of carbonyl (C=O) groups excluding carboxylic acids is 1. The topological polar surface area (TPSA) is 67.8 Å². The van der Waals surface area contributed by atoms with E-state index in [0.29, 0.717) is 41.4 Å². The average molecular weight is 534 g/mol. The number of hydrogen-bond donors (Lipinski definition) is 2. The molecule has 5 nitrogen and oxygen atoms in total. The van der Waals surface area contributed by atoms with E-state index in [9.17, 15) is 10.1 Å². The van der Waals surface area contributed by atoms with E-state index in [4.69, 9.17) is 9.62 Å². The van der Waals surface area contributed by atoms with Crippen molar-refractivity contribution in [3.63, 3.8) is 0 Å². The van der Waals surface area contributed by atoms with Gasteiger partial charge in [0.25, 0.3) is 0 Å². The number of alkyl carbamates (subject to hydrolysis) is 1. The van der Waals surface area contributed by atoms with E-state index < -0.39 is 12.2 Å². The van der Waals surface area contributed by atoms with E-state index in [1.165, 1.54) is 19.1 Å². The second-order valence-electron chi connectivity index (χ2n) is 15.0. The Morgan fingerprint density at radius 1 is 1.03 bits per heavy atom. The molecule has 11 unspecified atom stereocenters. The van der Waals surface area contributed by atoms with Crippen molar-refractivity contribution in [2.45, 2.75) is 115 Å². The highest BCUT2D eigenvalue weighted by Gasteiger charge is 2.64. The maximum atomic E-state index is 12.0. The molecule has 0 aliphatic heterocycles. The van der Waals surface area contributed by atoms with Crippen LogP contribution in [0.1, 0.15) is 103 Å². The fraction of sp³-hybridized carbons (Fsp3) is 0.909. The van der Waals surface area contributed by atoms with Gasteiger partial charge in [-0.25, -0.2) is 9.68 Å². The Balaban J connectivity index is 2.21. The van der Waals surface area contributed by atoms with Crippen molar-refractivity contribution < 1.29 is 19.7 Å². The highest BCUT2D eigenvalue weighted by molar-refractivity contribution is 5.67. The van der Waals surface area contributed by atoms with Gasteiger partial charge in [0.2, 0.25) is 0 Å². The summed E-state index contributed by atoms with van der Waals surface area (Å²) in [6.45, 7) is 31.5. The third-order valence-electron chi connectivity index (χ3n) is 13.8. The minimum absolute atomic E-state index is 0.0186. The summed E-state index contributed by atoms with van der Waals surface area (Å²) in [6.07, 6.45) is 1.39. The number of allylic oxidation sites excluding steroid dienone is 1. The first-order chi connectivity index (χ1) is 17.4. The minimum Gasteiger partial charge on any atom is -0.453 e. The van der Waals surface area contributed by atoms with Crippen LogP contribution in [0.25, 0.3) is 0 Å². The summed E-state index contributed by atoms with van der Waals surface area (Å²) in [5.41, 5.74) is 3.25. The number of carbonyl (C=O) groups is 1. The van der Waals surface area contributed by atoms with Crippen molar-refractivity contribution >= 4 is 6.09 Å². The average Bonchev–Trinajstić information content (AvgIpc) is 2.84. The second kappa shape index (κ2) is 10.7. The smallest absolute Gasteiger partial charge is 0.407 e. The number of hydrogen-bond acceptors (Lipinski definition) is 4. The summed E-state index contributed by atoms with van der Waals surface area (Å²) < 4.78 is 4.85. The van der Waals surface area contributed by atoms with Crippen LogP contribution in [-0.2, 0) is 9.62 Å². The molecule has 2 N–H and O–H groups in total. The first kappa shape index (κ1) is 31.5. The summed E-state index contributed by atoms with van der Waals surface area (Å²) >= 11 is 0. The number of nitrogens with one attached hydrogen (secondary N) is 1. The molecule has 3 rings (SSSR count). The molecular formula is C33H59NO4. The maximum absolute atomic E-state index is 12.0. The molecule has 0 aromatic heterocycles. The van der Waals surface area contributed by atoms with Gasteiger partial charge in [0, 0.05) is 17.9 Å². The lowest BCUT2D eigenvalue weighted by Gasteiger charge is -2.68. The first-order valence-corrected chi connectivity index (χ1v) is 15.3. The van der Waals surface area contributed by atoms with E-state index in [2.05, 4.69) is 88.4 Å². The Bertz CT molecular complexity index is 913. The van der Waals surface area contributed by atoms with Crippen LogP contribution in [0.2, 0.25) is 0 Å². The summed E-state index contributed by atoms with van der Waals surface area (Å²) in [5, 5.41) is 13.3. The summed E-state index contributed by atoms with van der Waals surface area (Å²) in [6, 6.07) is -0.206. The molecule has 220 valence electrons. The Morgan fingerprint density at radius 2 is 1.61 bits per heavy atom. The molecule has 2 bridgehead atoms. The highest BCUT2D eigenvalue weighted by Crippen LogP contribution is 2.70. The molecule has 5 heteroatoms. The number of methoxy groups -OCH3 is 1. The largest absolute Gasteiger partial charge is 0.453 e. The van der Waals surface area contributed by atoms with Gasteiger partial charge in [0.15, 0.2) is 0 Å². The van der Waals surface area contributed by atoms with Crippen LogP contribution in [0.5, 0.6) is 0 Å². The van der Waals surface area contributed by atoms with Gasteiger partial charge in [0.1, 0.15) is 6.10 Å². The minimum atomic E-state index is -0.456. The van der Waals surface area contributed by atoms with Crippen LogP contribution in [0.4, 0.5) is 4.79 Å². The van der Waals surface area contributed by atoms with Crippen LogP contribution < -0.4 is 5.32 Å². The maximum Gasteiger partial charge on any atom is 0.407 e. The Kier molecular flexibility index (Phi) is 8.88. The van der Waals surface area contributed by atoms with E-state index in [-0.39, 0.29) is 34.1 Å². The van der Waals surface area contributed by atoms with Crippen LogP contribution in [0.15, 0.2) is 11.1 Å². The third-order valence-corrected chi connectivity index (χ3v) is 13.8. The predicted molar refractivity (Wildman–Crippen MR) is 156 cm³/mol. The summed E-state index contributed by atoms with van der Waals surface area (Å²) in [5.74, 6) is 4.12. The lowest BCUT2D eigenvalue weighted by Crippen LogP contribution is -2.62. The van der Waals surface area contributed by atoms with Gasteiger partial charge in [-0.3, -0.25) is 5.26 Å².